The van der Waals surface area contributed by atoms with E-state index in [4.69, 9.17) is 14.9 Å². The first-order chi connectivity index (χ1) is 7.45. The summed E-state index contributed by atoms with van der Waals surface area (Å²) in [5, 5.41) is 17.4. The topological polar surface area (TPSA) is 83.8 Å². The van der Waals surface area contributed by atoms with Crippen molar-refractivity contribution in [3.8, 4) is 5.75 Å². The van der Waals surface area contributed by atoms with Gasteiger partial charge in [-0.05, 0) is 28.1 Å². The zero-order chi connectivity index (χ0) is 12.3. The fraction of sp³-hybridized carbons (Fsp3) is 0.111. The molecule has 86 valence electrons. The summed E-state index contributed by atoms with van der Waals surface area (Å²) in [6, 6.07) is 2.83. The summed E-state index contributed by atoms with van der Waals surface area (Å²) < 4.78 is 5.54. The summed E-state index contributed by atoms with van der Waals surface area (Å²) in [5.41, 5.74) is -0.178. The van der Waals surface area contributed by atoms with Crippen molar-refractivity contribution < 1.29 is 24.5 Å². The number of benzene rings is 1. The average Bonchev–Trinajstić information content (AvgIpc) is 2.20. The van der Waals surface area contributed by atoms with Crippen molar-refractivity contribution in [1.82, 2.24) is 0 Å². The van der Waals surface area contributed by atoms with Crippen LogP contribution in [0.4, 0.5) is 0 Å². The number of hydrogen-bond donors (Lipinski definition) is 2. The standard InChI is InChI=1S/C9H6Br2O5/c10-4-1-5(9(14)15)8(6(11)2-4)16-7(13)3-12/h1-2,12H,3H2,(H,14,15). The van der Waals surface area contributed by atoms with Crippen LogP contribution in [0.15, 0.2) is 21.1 Å². The van der Waals surface area contributed by atoms with E-state index in [2.05, 4.69) is 31.9 Å². The third kappa shape index (κ3) is 3.03. The lowest BCUT2D eigenvalue weighted by atomic mass is 10.2. The maximum Gasteiger partial charge on any atom is 0.339 e. The lowest BCUT2D eigenvalue weighted by molar-refractivity contribution is -0.137. The summed E-state index contributed by atoms with van der Waals surface area (Å²) in [6.07, 6.45) is 0. The molecule has 0 spiro atoms. The van der Waals surface area contributed by atoms with Gasteiger partial charge < -0.3 is 14.9 Å². The molecule has 2 N–H and O–H groups in total. The van der Waals surface area contributed by atoms with Gasteiger partial charge in [0.2, 0.25) is 0 Å². The molecule has 0 unspecified atom stereocenters. The summed E-state index contributed by atoms with van der Waals surface area (Å²) in [6.45, 7) is -0.818. The van der Waals surface area contributed by atoms with Gasteiger partial charge in [-0.2, -0.15) is 0 Å². The molecule has 0 saturated heterocycles. The van der Waals surface area contributed by atoms with Crippen molar-refractivity contribution in [2.75, 3.05) is 6.61 Å². The Labute approximate surface area is 107 Å². The van der Waals surface area contributed by atoms with Gasteiger partial charge >= 0.3 is 11.9 Å². The van der Waals surface area contributed by atoms with E-state index in [1.165, 1.54) is 12.1 Å². The molecule has 0 saturated carbocycles. The fourth-order valence-corrected chi connectivity index (χ4v) is 2.28. The molecule has 7 heteroatoms. The number of halogens is 2. The third-order valence-corrected chi connectivity index (χ3v) is 2.63. The van der Waals surface area contributed by atoms with Crippen molar-refractivity contribution in [1.29, 1.82) is 0 Å². The highest BCUT2D eigenvalue weighted by Crippen LogP contribution is 2.33. The minimum absolute atomic E-state index is 0.130. The van der Waals surface area contributed by atoms with Gasteiger partial charge in [-0.15, -0.1) is 0 Å². The Morgan fingerprint density at radius 2 is 1.94 bits per heavy atom. The van der Waals surface area contributed by atoms with Gasteiger partial charge in [0.15, 0.2) is 5.75 Å². The Bertz CT molecular complexity index is 444. The number of aliphatic hydroxyl groups excluding tert-OH is 1. The molecule has 0 radical (unpaired) electrons. The molecule has 0 aromatic heterocycles. The van der Waals surface area contributed by atoms with Crippen LogP contribution in [-0.2, 0) is 4.79 Å². The second-order valence-electron chi connectivity index (χ2n) is 2.70. The van der Waals surface area contributed by atoms with Gasteiger partial charge in [-0.3, -0.25) is 0 Å². The molecule has 0 aliphatic rings. The summed E-state index contributed by atoms with van der Waals surface area (Å²) in [4.78, 5) is 21.8. The molecule has 1 aromatic rings. The van der Waals surface area contributed by atoms with Gasteiger partial charge in [-0.1, -0.05) is 15.9 Å². The van der Waals surface area contributed by atoms with Gasteiger partial charge in [0.25, 0.3) is 0 Å². The summed E-state index contributed by atoms with van der Waals surface area (Å²) in [7, 11) is 0. The number of aromatic carboxylic acids is 1. The maximum atomic E-state index is 10.9. The van der Waals surface area contributed by atoms with Gasteiger partial charge in [0, 0.05) is 4.47 Å². The lowest BCUT2D eigenvalue weighted by Crippen LogP contribution is -2.15. The number of aliphatic hydroxyl groups is 1. The molecule has 0 fully saturated rings. The van der Waals surface area contributed by atoms with Gasteiger partial charge in [0.1, 0.15) is 12.2 Å². The normalized spacial score (nSPS) is 9.94. The smallest absolute Gasteiger partial charge is 0.339 e. The average molecular weight is 354 g/mol. The van der Waals surface area contributed by atoms with Crippen LogP contribution < -0.4 is 4.74 Å². The SMILES string of the molecule is O=C(CO)Oc1c(Br)cc(Br)cc1C(=O)O. The molecule has 0 amide bonds. The number of carboxylic acid groups (broad SMARTS) is 1. The Hall–Kier alpha value is -0.920. The van der Waals surface area contributed by atoms with E-state index in [1.807, 2.05) is 0 Å². The second kappa shape index (κ2) is 5.42. The van der Waals surface area contributed by atoms with Gasteiger partial charge in [0.05, 0.1) is 4.47 Å². The predicted molar refractivity (Wildman–Crippen MR) is 61.5 cm³/mol. The minimum atomic E-state index is -1.23. The Kier molecular flexibility index (Phi) is 4.45. The molecule has 1 aromatic carbocycles. The van der Waals surface area contributed by atoms with Crippen molar-refractivity contribution in [3.05, 3.63) is 26.6 Å². The number of hydrogen-bond acceptors (Lipinski definition) is 4. The molecule has 5 nitrogen and oxygen atoms in total. The quantitative estimate of drug-likeness (QED) is 0.639. The Morgan fingerprint density at radius 3 is 2.44 bits per heavy atom. The number of esters is 1. The van der Waals surface area contributed by atoms with E-state index in [0.29, 0.717) is 8.95 Å². The van der Waals surface area contributed by atoms with Crippen molar-refractivity contribution in [2.24, 2.45) is 0 Å². The van der Waals surface area contributed by atoms with Crippen LogP contribution in [0, 0.1) is 0 Å². The van der Waals surface area contributed by atoms with E-state index in [-0.39, 0.29) is 11.3 Å². The number of carbonyl (C=O) groups is 2. The van der Waals surface area contributed by atoms with E-state index in [9.17, 15) is 9.59 Å². The maximum absolute atomic E-state index is 10.9. The summed E-state index contributed by atoms with van der Waals surface area (Å²) >= 11 is 6.19. The molecular weight excluding hydrogens is 348 g/mol. The van der Waals surface area contributed by atoms with Crippen molar-refractivity contribution in [2.45, 2.75) is 0 Å². The monoisotopic (exact) mass is 352 g/mol. The predicted octanol–water partition coefficient (Wildman–Crippen LogP) is 1.81. The van der Waals surface area contributed by atoms with E-state index in [1.54, 1.807) is 0 Å². The molecule has 0 aliphatic heterocycles. The lowest BCUT2D eigenvalue weighted by Gasteiger charge is -2.09. The van der Waals surface area contributed by atoms with Crippen LogP contribution in [0.1, 0.15) is 10.4 Å². The van der Waals surface area contributed by atoms with E-state index < -0.39 is 18.5 Å². The van der Waals surface area contributed by atoms with Crippen LogP contribution in [0.5, 0.6) is 5.75 Å². The summed E-state index contributed by atoms with van der Waals surface area (Å²) in [5.74, 6) is -2.29. The van der Waals surface area contributed by atoms with Crippen LogP contribution in [0.3, 0.4) is 0 Å². The van der Waals surface area contributed by atoms with Crippen LogP contribution >= 0.6 is 31.9 Å². The molecule has 0 aliphatic carbocycles. The first-order valence-corrected chi connectivity index (χ1v) is 5.58. The zero-order valence-corrected chi connectivity index (χ0v) is 10.9. The highest BCUT2D eigenvalue weighted by Gasteiger charge is 2.18. The molecule has 0 atom stereocenters. The minimum Gasteiger partial charge on any atom is -0.478 e. The molecule has 0 bridgehead atoms. The van der Waals surface area contributed by atoms with Gasteiger partial charge in [-0.25, -0.2) is 9.59 Å². The first kappa shape index (κ1) is 13.1. The van der Waals surface area contributed by atoms with Crippen LogP contribution in [0.25, 0.3) is 0 Å². The largest absolute Gasteiger partial charge is 0.478 e. The van der Waals surface area contributed by atoms with Crippen LogP contribution in [0.2, 0.25) is 0 Å². The molecule has 16 heavy (non-hydrogen) atoms. The number of ether oxygens (including phenoxy) is 1. The highest BCUT2D eigenvalue weighted by atomic mass is 79.9. The van der Waals surface area contributed by atoms with Crippen molar-refractivity contribution >= 4 is 43.8 Å². The van der Waals surface area contributed by atoms with Crippen LogP contribution in [-0.4, -0.2) is 28.8 Å². The highest BCUT2D eigenvalue weighted by molar-refractivity contribution is 9.11. The van der Waals surface area contributed by atoms with Crippen molar-refractivity contribution in [3.63, 3.8) is 0 Å². The zero-order valence-electron chi connectivity index (χ0n) is 7.74. The fourth-order valence-electron chi connectivity index (χ4n) is 0.969. The molecule has 0 heterocycles. The Morgan fingerprint density at radius 1 is 1.31 bits per heavy atom. The second-order valence-corrected chi connectivity index (χ2v) is 4.47. The number of carboxylic acids is 1. The number of carbonyl (C=O) groups excluding carboxylic acids is 1. The Balaban J connectivity index is 3.24. The van der Waals surface area contributed by atoms with E-state index in [0.717, 1.165) is 0 Å². The van der Waals surface area contributed by atoms with E-state index >= 15 is 0 Å². The molecule has 1 rings (SSSR count). The third-order valence-electron chi connectivity index (χ3n) is 1.58. The number of rotatable bonds is 3. The first-order valence-electron chi connectivity index (χ1n) is 3.99. The molecular formula is C9H6Br2O5.